The van der Waals surface area contributed by atoms with Gasteiger partial charge in [0.2, 0.25) is 0 Å². The van der Waals surface area contributed by atoms with Crippen LogP contribution in [-0.2, 0) is 14.3 Å². The molecule has 0 radical (unpaired) electrons. The van der Waals surface area contributed by atoms with Crippen LogP contribution in [0.25, 0.3) is 11.1 Å². The maximum atomic E-state index is 12.2. The lowest BCUT2D eigenvalue weighted by Crippen LogP contribution is -2.04. The fourth-order valence-corrected chi connectivity index (χ4v) is 2.66. The van der Waals surface area contributed by atoms with Gasteiger partial charge in [-0.2, -0.15) is 0 Å². The van der Waals surface area contributed by atoms with Crippen molar-refractivity contribution in [1.82, 2.24) is 0 Å². The quantitative estimate of drug-likeness (QED) is 0.280. The number of ketones is 1. The molecular formula is C22H24O5. The van der Waals surface area contributed by atoms with Gasteiger partial charge < -0.3 is 9.47 Å². The summed E-state index contributed by atoms with van der Waals surface area (Å²) in [7, 11) is 0. The van der Waals surface area contributed by atoms with Gasteiger partial charge in [-0.25, -0.2) is 0 Å². The van der Waals surface area contributed by atoms with Crippen molar-refractivity contribution >= 4 is 17.7 Å². The highest BCUT2D eigenvalue weighted by atomic mass is 16.5. The van der Waals surface area contributed by atoms with Crippen molar-refractivity contribution in [2.24, 2.45) is 0 Å². The van der Waals surface area contributed by atoms with Crippen LogP contribution in [0.15, 0.2) is 48.5 Å². The Bertz CT molecular complexity index is 775. The van der Waals surface area contributed by atoms with Gasteiger partial charge in [0.25, 0.3) is 0 Å². The van der Waals surface area contributed by atoms with E-state index >= 15 is 0 Å². The van der Waals surface area contributed by atoms with E-state index in [1.807, 2.05) is 36.4 Å². The second kappa shape index (κ2) is 10.3. The van der Waals surface area contributed by atoms with Gasteiger partial charge in [0.05, 0.1) is 6.61 Å². The van der Waals surface area contributed by atoms with E-state index in [2.05, 4.69) is 0 Å². The summed E-state index contributed by atoms with van der Waals surface area (Å²) in [5, 5.41) is 0. The normalized spacial score (nSPS) is 10.3. The molecule has 0 aromatic heterocycles. The highest BCUT2D eigenvalue weighted by molar-refractivity contribution is 5.96. The monoisotopic (exact) mass is 368 g/mol. The van der Waals surface area contributed by atoms with Gasteiger partial charge in [0.1, 0.15) is 5.75 Å². The Morgan fingerprint density at radius 1 is 0.815 bits per heavy atom. The summed E-state index contributed by atoms with van der Waals surface area (Å²) in [6.07, 6.45) is 2.08. The number of hydrogen-bond acceptors (Lipinski definition) is 5. The number of esters is 2. The zero-order valence-corrected chi connectivity index (χ0v) is 15.7. The van der Waals surface area contributed by atoms with Gasteiger partial charge in [0, 0.05) is 25.3 Å². The highest BCUT2D eigenvalue weighted by Crippen LogP contribution is 2.23. The minimum absolute atomic E-state index is 0.0654. The van der Waals surface area contributed by atoms with E-state index in [4.69, 9.17) is 9.47 Å². The first-order valence-corrected chi connectivity index (χ1v) is 9.07. The van der Waals surface area contributed by atoms with Crippen molar-refractivity contribution in [3.63, 3.8) is 0 Å². The molecule has 2 rings (SSSR count). The molecule has 2 aromatic rings. The van der Waals surface area contributed by atoms with Crippen LogP contribution in [0.5, 0.6) is 5.75 Å². The average molecular weight is 368 g/mol. The zero-order chi connectivity index (χ0) is 19.6. The molecule has 0 saturated carbocycles. The van der Waals surface area contributed by atoms with Gasteiger partial charge in [-0.1, -0.05) is 36.4 Å². The van der Waals surface area contributed by atoms with Crippen LogP contribution in [-0.4, -0.2) is 24.3 Å². The van der Waals surface area contributed by atoms with Crippen molar-refractivity contribution in [2.45, 2.75) is 39.5 Å². The largest absolute Gasteiger partial charge is 0.466 e. The standard InChI is InChI=1S/C22H24O5/c1-3-26-22(25)7-5-4-6-21(24)19-10-8-17(9-11-19)18-12-14-20(15-13-18)27-16(2)23/h8-15H,3-7H2,1-2H3. The fraction of sp³-hybridized carbons (Fsp3) is 0.318. The van der Waals surface area contributed by atoms with E-state index in [0.717, 1.165) is 11.1 Å². The van der Waals surface area contributed by atoms with Crippen LogP contribution in [0.4, 0.5) is 0 Å². The van der Waals surface area contributed by atoms with E-state index in [-0.39, 0.29) is 17.7 Å². The molecule has 0 aliphatic rings. The Labute approximate surface area is 159 Å². The van der Waals surface area contributed by atoms with Gasteiger partial charge in [-0.15, -0.1) is 0 Å². The van der Waals surface area contributed by atoms with Crippen LogP contribution in [0, 0.1) is 0 Å². The minimum atomic E-state index is -0.354. The average Bonchev–Trinajstić information content (AvgIpc) is 2.65. The van der Waals surface area contributed by atoms with Gasteiger partial charge in [0.15, 0.2) is 5.78 Å². The lowest BCUT2D eigenvalue weighted by Gasteiger charge is -2.06. The number of Topliss-reactive ketones (excluding diaryl/α,β-unsaturated/α-hetero) is 1. The summed E-state index contributed by atoms with van der Waals surface area (Å²) in [4.78, 5) is 34.5. The second-order valence-corrected chi connectivity index (χ2v) is 6.13. The summed E-state index contributed by atoms with van der Waals surface area (Å²) in [5.41, 5.74) is 2.61. The van der Waals surface area contributed by atoms with Crippen LogP contribution in [0.2, 0.25) is 0 Å². The van der Waals surface area contributed by atoms with Gasteiger partial charge >= 0.3 is 11.9 Å². The minimum Gasteiger partial charge on any atom is -0.466 e. The Kier molecular flexibility index (Phi) is 7.74. The number of carbonyl (C=O) groups is 3. The Hall–Kier alpha value is -2.95. The van der Waals surface area contributed by atoms with Crippen LogP contribution >= 0.6 is 0 Å². The molecule has 0 saturated heterocycles. The number of hydrogen-bond donors (Lipinski definition) is 0. The molecule has 0 aliphatic carbocycles. The van der Waals surface area contributed by atoms with Crippen molar-refractivity contribution in [3.8, 4) is 16.9 Å². The lowest BCUT2D eigenvalue weighted by atomic mass is 10.00. The molecule has 142 valence electrons. The van der Waals surface area contributed by atoms with Gasteiger partial charge in [-0.3, -0.25) is 14.4 Å². The predicted molar refractivity (Wildman–Crippen MR) is 103 cm³/mol. The summed E-state index contributed by atoms with van der Waals surface area (Å²) in [5.74, 6) is -0.00150. The number of carbonyl (C=O) groups excluding carboxylic acids is 3. The van der Waals surface area contributed by atoms with Crippen LogP contribution < -0.4 is 4.74 Å². The molecule has 2 aromatic carbocycles. The van der Waals surface area contributed by atoms with E-state index in [1.54, 1.807) is 19.1 Å². The molecule has 0 atom stereocenters. The Balaban J connectivity index is 1.87. The lowest BCUT2D eigenvalue weighted by molar-refractivity contribution is -0.143. The maximum Gasteiger partial charge on any atom is 0.308 e. The summed E-state index contributed by atoms with van der Waals surface area (Å²) >= 11 is 0. The molecule has 0 heterocycles. The van der Waals surface area contributed by atoms with E-state index in [0.29, 0.717) is 43.6 Å². The molecule has 0 amide bonds. The number of unbranched alkanes of at least 4 members (excludes halogenated alkanes) is 1. The van der Waals surface area contributed by atoms with Crippen molar-refractivity contribution < 1.29 is 23.9 Å². The molecule has 5 heteroatoms. The summed E-state index contributed by atoms with van der Waals surface area (Å²) in [6.45, 7) is 3.52. The van der Waals surface area contributed by atoms with Crippen LogP contribution in [0.1, 0.15) is 49.9 Å². The predicted octanol–water partition coefficient (Wildman–Crippen LogP) is 4.59. The molecular weight excluding hydrogens is 344 g/mol. The van der Waals surface area contributed by atoms with E-state index in [1.165, 1.54) is 6.92 Å². The Morgan fingerprint density at radius 3 is 1.93 bits per heavy atom. The van der Waals surface area contributed by atoms with Gasteiger partial charge in [-0.05, 0) is 43.0 Å². The molecule has 27 heavy (non-hydrogen) atoms. The van der Waals surface area contributed by atoms with Crippen molar-refractivity contribution in [1.29, 1.82) is 0 Å². The molecule has 0 unspecified atom stereocenters. The maximum absolute atomic E-state index is 12.2. The van der Waals surface area contributed by atoms with Crippen LogP contribution in [0.3, 0.4) is 0 Å². The first-order valence-electron chi connectivity index (χ1n) is 9.07. The zero-order valence-electron chi connectivity index (χ0n) is 15.7. The highest BCUT2D eigenvalue weighted by Gasteiger charge is 2.08. The molecule has 0 N–H and O–H groups in total. The SMILES string of the molecule is CCOC(=O)CCCCC(=O)c1ccc(-c2ccc(OC(C)=O)cc2)cc1. The third-order valence-corrected chi connectivity index (χ3v) is 4.00. The first kappa shape index (κ1) is 20.4. The van der Waals surface area contributed by atoms with E-state index < -0.39 is 0 Å². The fourth-order valence-electron chi connectivity index (χ4n) is 2.66. The molecule has 0 bridgehead atoms. The molecule has 0 aliphatic heterocycles. The number of rotatable bonds is 9. The summed E-state index contributed by atoms with van der Waals surface area (Å²) < 4.78 is 9.88. The smallest absolute Gasteiger partial charge is 0.308 e. The Morgan fingerprint density at radius 2 is 1.37 bits per heavy atom. The molecule has 0 fully saturated rings. The molecule has 5 nitrogen and oxygen atoms in total. The van der Waals surface area contributed by atoms with E-state index in [9.17, 15) is 14.4 Å². The molecule has 0 spiro atoms. The number of ether oxygens (including phenoxy) is 2. The van der Waals surface area contributed by atoms with Crippen molar-refractivity contribution in [2.75, 3.05) is 6.61 Å². The second-order valence-electron chi connectivity index (χ2n) is 6.13. The van der Waals surface area contributed by atoms with Crippen molar-refractivity contribution in [3.05, 3.63) is 54.1 Å². The topological polar surface area (TPSA) is 69.7 Å². The summed E-state index contributed by atoms with van der Waals surface area (Å²) in [6, 6.07) is 14.6. The first-order chi connectivity index (χ1) is 13.0. The third kappa shape index (κ3) is 6.70. The number of benzene rings is 2. The third-order valence-electron chi connectivity index (χ3n) is 4.00.